The normalized spacial score (nSPS) is 18.7. The van der Waals surface area contributed by atoms with Gasteiger partial charge < -0.3 is 10.2 Å². The maximum atomic E-state index is 13.7. The Morgan fingerprint density at radius 3 is 2.84 bits per heavy atom. The van der Waals surface area contributed by atoms with E-state index in [-0.39, 0.29) is 11.8 Å². The zero-order chi connectivity index (χ0) is 22.5. The third-order valence-corrected chi connectivity index (χ3v) is 6.37. The Hall–Kier alpha value is -2.77. The van der Waals surface area contributed by atoms with Gasteiger partial charge in [0.15, 0.2) is 5.82 Å². The second-order valence-electron chi connectivity index (χ2n) is 8.99. The fourth-order valence-corrected chi connectivity index (χ4v) is 4.74. The molecule has 4 rings (SSSR count). The minimum absolute atomic E-state index is 0.0471. The van der Waals surface area contributed by atoms with Gasteiger partial charge >= 0.3 is 0 Å². The van der Waals surface area contributed by atoms with E-state index in [0.29, 0.717) is 35.3 Å². The molecule has 1 unspecified atom stereocenters. The molecule has 32 heavy (non-hydrogen) atoms. The molecule has 0 aliphatic carbocycles. The third-order valence-electron chi connectivity index (χ3n) is 6.37. The zero-order valence-corrected chi connectivity index (χ0v) is 19.1. The number of carbonyl (C=O) groups excluding carboxylic acids is 2. The number of hydrogen-bond donors (Lipinski definition) is 1. The van der Waals surface area contributed by atoms with Crippen LogP contribution in [0.2, 0.25) is 0 Å². The summed E-state index contributed by atoms with van der Waals surface area (Å²) >= 11 is 0. The lowest BCUT2D eigenvalue weighted by molar-refractivity contribution is -0.120. The van der Waals surface area contributed by atoms with Crippen LogP contribution >= 0.6 is 0 Å². The van der Waals surface area contributed by atoms with E-state index < -0.39 is 0 Å². The van der Waals surface area contributed by atoms with E-state index in [0.717, 1.165) is 32.4 Å². The second kappa shape index (κ2) is 10.2. The molecule has 0 saturated carbocycles. The molecule has 2 aromatic rings. The predicted octanol–water partition coefficient (Wildman–Crippen LogP) is 3.90. The summed E-state index contributed by atoms with van der Waals surface area (Å²) in [7, 11) is 4.21. The van der Waals surface area contributed by atoms with Crippen LogP contribution < -0.4 is 10.2 Å². The molecule has 1 aromatic carbocycles. The van der Waals surface area contributed by atoms with Crippen LogP contribution in [0.4, 0.5) is 17.2 Å². The predicted molar refractivity (Wildman–Crippen MR) is 127 cm³/mol. The molecule has 170 valence electrons. The van der Waals surface area contributed by atoms with Gasteiger partial charge in [-0.2, -0.15) is 0 Å². The minimum Gasteiger partial charge on any atom is -0.319 e. The standard InChI is InChI=1S/C25H33N5O2/c1-28(2)16-7-5-10-19-11-6-8-17-29(19)18-23(31)30-22-14-4-3-12-20(22)25(32)27-21-13-9-15-26-24(21)30/h3-4,9,12-15,19H,5-8,10-11,16-18H2,1-2H3,(H,27,32). The van der Waals surface area contributed by atoms with Crippen molar-refractivity contribution in [3.63, 3.8) is 0 Å². The van der Waals surface area contributed by atoms with Gasteiger partial charge in [0.05, 0.1) is 23.5 Å². The SMILES string of the molecule is CN(C)CCCCC1CCCCN1CC(=O)N1c2ccccc2C(=O)Nc2cccnc21. The number of para-hydroxylation sites is 1. The quantitative estimate of drug-likeness (QED) is 0.668. The summed E-state index contributed by atoms with van der Waals surface area (Å²) in [6, 6.07) is 11.2. The third kappa shape index (κ3) is 5.00. The molecule has 2 amide bonds. The summed E-state index contributed by atoms with van der Waals surface area (Å²) in [4.78, 5) is 37.2. The molecule has 2 aliphatic heterocycles. The van der Waals surface area contributed by atoms with Crippen LogP contribution in [0.5, 0.6) is 0 Å². The van der Waals surface area contributed by atoms with Gasteiger partial charge in [-0.15, -0.1) is 0 Å². The van der Waals surface area contributed by atoms with E-state index in [4.69, 9.17) is 0 Å². The lowest BCUT2D eigenvalue weighted by Crippen LogP contribution is -2.46. The number of rotatable bonds is 7. The van der Waals surface area contributed by atoms with Crippen molar-refractivity contribution in [3.05, 3.63) is 48.2 Å². The molecule has 0 bridgehead atoms. The van der Waals surface area contributed by atoms with E-state index in [9.17, 15) is 9.59 Å². The highest BCUT2D eigenvalue weighted by Gasteiger charge is 2.32. The first-order valence-electron chi connectivity index (χ1n) is 11.6. The molecule has 1 fully saturated rings. The fourth-order valence-electron chi connectivity index (χ4n) is 4.74. The molecule has 0 spiro atoms. The fraction of sp³-hybridized carbons (Fsp3) is 0.480. The number of anilines is 3. The Labute approximate surface area is 190 Å². The van der Waals surface area contributed by atoms with Crippen molar-refractivity contribution in [1.82, 2.24) is 14.8 Å². The monoisotopic (exact) mass is 435 g/mol. The lowest BCUT2D eigenvalue weighted by atomic mass is 9.97. The van der Waals surface area contributed by atoms with E-state index in [2.05, 4.69) is 34.2 Å². The van der Waals surface area contributed by atoms with Crippen LogP contribution in [-0.4, -0.2) is 66.4 Å². The number of unbranched alkanes of at least 4 members (excludes halogenated alkanes) is 1. The van der Waals surface area contributed by atoms with Gasteiger partial charge in [0.2, 0.25) is 5.91 Å². The van der Waals surface area contributed by atoms with Crippen molar-refractivity contribution in [2.24, 2.45) is 0 Å². The maximum Gasteiger partial charge on any atom is 0.257 e. The number of pyridine rings is 1. The van der Waals surface area contributed by atoms with Crippen LogP contribution in [0, 0.1) is 0 Å². The molecule has 1 saturated heterocycles. The number of likely N-dealkylation sites (tertiary alicyclic amines) is 1. The van der Waals surface area contributed by atoms with Crippen LogP contribution in [0.1, 0.15) is 48.9 Å². The Bertz CT molecular complexity index is 961. The Kier molecular flexibility index (Phi) is 7.17. The van der Waals surface area contributed by atoms with Crippen LogP contribution in [0.15, 0.2) is 42.6 Å². The minimum atomic E-state index is -0.220. The van der Waals surface area contributed by atoms with E-state index in [1.807, 2.05) is 18.2 Å². The summed E-state index contributed by atoms with van der Waals surface area (Å²) in [5.41, 5.74) is 1.63. The summed E-state index contributed by atoms with van der Waals surface area (Å²) in [5, 5.41) is 2.91. The van der Waals surface area contributed by atoms with Gasteiger partial charge in [-0.05, 0) is 77.1 Å². The Balaban J connectivity index is 1.55. The molecule has 3 heterocycles. The molecule has 1 atom stereocenters. The highest BCUT2D eigenvalue weighted by Crippen LogP contribution is 2.36. The van der Waals surface area contributed by atoms with E-state index >= 15 is 0 Å². The molecular weight excluding hydrogens is 402 g/mol. The van der Waals surface area contributed by atoms with Crippen molar-refractivity contribution in [2.75, 3.05) is 43.9 Å². The molecule has 7 heteroatoms. The van der Waals surface area contributed by atoms with Crippen molar-refractivity contribution < 1.29 is 9.59 Å². The van der Waals surface area contributed by atoms with Gasteiger partial charge in [0.25, 0.3) is 5.91 Å². The summed E-state index contributed by atoms with van der Waals surface area (Å²) in [5.74, 6) is 0.214. The average Bonchev–Trinajstić information content (AvgIpc) is 2.91. The number of benzene rings is 1. The number of piperidine rings is 1. The average molecular weight is 436 g/mol. The largest absolute Gasteiger partial charge is 0.319 e. The zero-order valence-electron chi connectivity index (χ0n) is 19.1. The van der Waals surface area contributed by atoms with Crippen molar-refractivity contribution in [3.8, 4) is 0 Å². The first-order chi connectivity index (χ1) is 15.5. The van der Waals surface area contributed by atoms with Gasteiger partial charge in [0.1, 0.15) is 0 Å². The Morgan fingerprint density at radius 1 is 1.16 bits per heavy atom. The second-order valence-corrected chi connectivity index (χ2v) is 8.99. The number of carbonyl (C=O) groups is 2. The van der Waals surface area contributed by atoms with Crippen molar-refractivity contribution >= 4 is 29.0 Å². The van der Waals surface area contributed by atoms with Crippen LogP contribution in [-0.2, 0) is 4.79 Å². The summed E-state index contributed by atoms with van der Waals surface area (Å²) < 4.78 is 0. The molecule has 2 aliphatic rings. The molecule has 0 radical (unpaired) electrons. The number of fused-ring (bicyclic) bond motifs is 2. The maximum absolute atomic E-state index is 13.7. The van der Waals surface area contributed by atoms with E-state index in [1.54, 1.807) is 29.3 Å². The van der Waals surface area contributed by atoms with Crippen LogP contribution in [0.3, 0.4) is 0 Å². The highest BCUT2D eigenvalue weighted by atomic mass is 16.2. The van der Waals surface area contributed by atoms with E-state index in [1.165, 1.54) is 19.3 Å². The van der Waals surface area contributed by atoms with Gasteiger partial charge in [-0.1, -0.05) is 25.0 Å². The molecule has 7 nitrogen and oxygen atoms in total. The number of nitrogens with zero attached hydrogens (tertiary/aromatic N) is 4. The highest BCUT2D eigenvalue weighted by molar-refractivity contribution is 6.17. The smallest absolute Gasteiger partial charge is 0.257 e. The number of aromatic nitrogens is 1. The summed E-state index contributed by atoms with van der Waals surface area (Å²) in [6.07, 6.45) is 8.60. The van der Waals surface area contributed by atoms with Crippen molar-refractivity contribution in [1.29, 1.82) is 0 Å². The lowest BCUT2D eigenvalue weighted by Gasteiger charge is -2.36. The van der Waals surface area contributed by atoms with Gasteiger partial charge in [-0.25, -0.2) is 4.98 Å². The number of amides is 2. The number of hydrogen-bond acceptors (Lipinski definition) is 5. The van der Waals surface area contributed by atoms with Gasteiger partial charge in [0, 0.05) is 12.2 Å². The van der Waals surface area contributed by atoms with Gasteiger partial charge in [-0.3, -0.25) is 19.4 Å². The molecule has 1 aromatic heterocycles. The molecule has 1 N–H and O–H groups in total. The summed E-state index contributed by atoms with van der Waals surface area (Å²) in [6.45, 7) is 2.36. The molecular formula is C25H33N5O2. The first-order valence-corrected chi connectivity index (χ1v) is 11.6. The Morgan fingerprint density at radius 2 is 2.00 bits per heavy atom. The number of nitrogens with one attached hydrogen (secondary N) is 1. The topological polar surface area (TPSA) is 68.8 Å². The first kappa shape index (κ1) is 22.4. The van der Waals surface area contributed by atoms with Crippen molar-refractivity contribution in [2.45, 2.75) is 44.6 Å². The van der Waals surface area contributed by atoms with Crippen LogP contribution in [0.25, 0.3) is 0 Å².